The van der Waals surface area contributed by atoms with Gasteiger partial charge in [0.05, 0.1) is 0 Å². The molecule has 0 saturated heterocycles. The minimum atomic E-state index is 0.386. The predicted octanol–water partition coefficient (Wildman–Crippen LogP) is 5.14. The maximum Gasteiger partial charge on any atom is 0.0305 e. The predicted molar refractivity (Wildman–Crippen MR) is 89.7 cm³/mol. The summed E-state index contributed by atoms with van der Waals surface area (Å²) in [6.45, 7) is 14.2. The summed E-state index contributed by atoms with van der Waals surface area (Å²) in [5.41, 5.74) is 6.96. The number of thiophene rings is 1. The largest absolute Gasteiger partial charge is 0.305 e. The summed E-state index contributed by atoms with van der Waals surface area (Å²) in [5.74, 6) is 0. The van der Waals surface area contributed by atoms with Gasteiger partial charge in [0, 0.05) is 22.3 Å². The summed E-state index contributed by atoms with van der Waals surface area (Å²) in [6, 6.07) is 7.31. The van der Waals surface area contributed by atoms with Gasteiger partial charge in [-0.1, -0.05) is 12.1 Å². The molecule has 1 unspecified atom stereocenters. The fraction of sp³-hybridized carbons (Fsp3) is 0.444. The molecule has 1 aromatic heterocycles. The number of benzene rings is 1. The first-order chi connectivity index (χ1) is 9.38. The summed E-state index contributed by atoms with van der Waals surface area (Å²) < 4.78 is 0. The second-order valence-electron chi connectivity index (χ2n) is 5.85. The van der Waals surface area contributed by atoms with Crippen LogP contribution in [0.25, 0.3) is 0 Å². The Labute approximate surface area is 127 Å². The standard InChI is InChI=1S/C18H25NS/c1-11-7-14(4)18(9-12(11)2)15(5)19-10-17-8-13(3)16(6)20-17/h7-9,15,19H,10H2,1-6H3. The Kier molecular flexibility index (Phi) is 4.66. The Hall–Kier alpha value is -1.12. The molecule has 1 aromatic carbocycles. The van der Waals surface area contributed by atoms with E-state index in [1.165, 1.54) is 37.6 Å². The van der Waals surface area contributed by atoms with E-state index in [-0.39, 0.29) is 0 Å². The molecule has 1 N–H and O–H groups in total. The second kappa shape index (κ2) is 6.11. The molecule has 2 heteroatoms. The molecule has 0 aliphatic heterocycles. The van der Waals surface area contributed by atoms with Crippen LogP contribution >= 0.6 is 11.3 Å². The van der Waals surface area contributed by atoms with E-state index in [2.05, 4.69) is 65.1 Å². The van der Waals surface area contributed by atoms with Gasteiger partial charge in [-0.15, -0.1) is 11.3 Å². The van der Waals surface area contributed by atoms with E-state index in [4.69, 9.17) is 0 Å². The highest BCUT2D eigenvalue weighted by Crippen LogP contribution is 2.24. The van der Waals surface area contributed by atoms with Crippen LogP contribution in [0.15, 0.2) is 18.2 Å². The van der Waals surface area contributed by atoms with Crippen LogP contribution in [0.4, 0.5) is 0 Å². The topological polar surface area (TPSA) is 12.0 Å². The highest BCUT2D eigenvalue weighted by Gasteiger charge is 2.10. The van der Waals surface area contributed by atoms with Crippen molar-refractivity contribution in [2.45, 2.75) is 54.1 Å². The van der Waals surface area contributed by atoms with Crippen molar-refractivity contribution in [1.82, 2.24) is 5.32 Å². The monoisotopic (exact) mass is 287 g/mol. The maximum atomic E-state index is 3.65. The van der Waals surface area contributed by atoms with Gasteiger partial charge in [0.15, 0.2) is 0 Å². The van der Waals surface area contributed by atoms with E-state index in [9.17, 15) is 0 Å². The first kappa shape index (κ1) is 15.3. The van der Waals surface area contributed by atoms with Crippen molar-refractivity contribution in [3.8, 4) is 0 Å². The first-order valence-electron chi connectivity index (χ1n) is 7.25. The summed E-state index contributed by atoms with van der Waals surface area (Å²) in [4.78, 5) is 2.85. The summed E-state index contributed by atoms with van der Waals surface area (Å²) in [6.07, 6.45) is 0. The maximum absolute atomic E-state index is 3.65. The Morgan fingerprint density at radius 1 is 0.900 bits per heavy atom. The van der Waals surface area contributed by atoms with Crippen LogP contribution in [0.1, 0.15) is 50.5 Å². The summed E-state index contributed by atoms with van der Waals surface area (Å²) >= 11 is 1.90. The van der Waals surface area contributed by atoms with E-state index < -0.39 is 0 Å². The molecule has 0 radical (unpaired) electrons. The Morgan fingerprint density at radius 2 is 1.55 bits per heavy atom. The SMILES string of the molecule is Cc1cc(C)c(C(C)NCc2cc(C)c(C)s2)cc1C. The number of hydrogen-bond donors (Lipinski definition) is 1. The van der Waals surface area contributed by atoms with Crippen molar-refractivity contribution in [3.05, 3.63) is 55.8 Å². The van der Waals surface area contributed by atoms with Gasteiger partial charge < -0.3 is 5.32 Å². The lowest BCUT2D eigenvalue weighted by molar-refractivity contribution is 0.576. The number of rotatable bonds is 4. The minimum Gasteiger partial charge on any atom is -0.305 e. The third-order valence-corrected chi connectivity index (χ3v) is 5.30. The van der Waals surface area contributed by atoms with Crippen molar-refractivity contribution in [2.24, 2.45) is 0 Å². The molecule has 0 aliphatic rings. The van der Waals surface area contributed by atoms with Crippen LogP contribution < -0.4 is 5.32 Å². The average Bonchev–Trinajstić information content (AvgIpc) is 2.70. The van der Waals surface area contributed by atoms with Crippen molar-refractivity contribution in [2.75, 3.05) is 0 Å². The smallest absolute Gasteiger partial charge is 0.0305 e. The van der Waals surface area contributed by atoms with Gasteiger partial charge in [-0.2, -0.15) is 0 Å². The Balaban J connectivity index is 2.08. The Bertz CT molecular complexity index is 591. The lowest BCUT2D eigenvalue weighted by atomic mass is 9.96. The van der Waals surface area contributed by atoms with Gasteiger partial charge in [0.2, 0.25) is 0 Å². The van der Waals surface area contributed by atoms with E-state index >= 15 is 0 Å². The highest BCUT2D eigenvalue weighted by molar-refractivity contribution is 7.12. The fourth-order valence-corrected chi connectivity index (χ4v) is 3.55. The van der Waals surface area contributed by atoms with Crippen molar-refractivity contribution >= 4 is 11.3 Å². The molecular formula is C18H25NS. The zero-order valence-electron chi connectivity index (χ0n) is 13.4. The highest BCUT2D eigenvalue weighted by atomic mass is 32.1. The molecule has 1 nitrogen and oxygen atoms in total. The first-order valence-corrected chi connectivity index (χ1v) is 8.07. The molecule has 2 aromatic rings. The number of aryl methyl sites for hydroxylation is 5. The summed E-state index contributed by atoms with van der Waals surface area (Å²) in [7, 11) is 0. The molecule has 1 atom stereocenters. The molecule has 0 saturated carbocycles. The van der Waals surface area contributed by atoms with Crippen molar-refractivity contribution in [3.63, 3.8) is 0 Å². The van der Waals surface area contributed by atoms with Gasteiger partial charge in [-0.3, -0.25) is 0 Å². The molecule has 0 amide bonds. The second-order valence-corrected chi connectivity index (χ2v) is 7.19. The van der Waals surface area contributed by atoms with Crippen LogP contribution in [0, 0.1) is 34.6 Å². The molecule has 0 spiro atoms. The normalized spacial score (nSPS) is 12.7. The average molecular weight is 287 g/mol. The molecule has 1 heterocycles. The number of hydrogen-bond acceptors (Lipinski definition) is 2. The lowest BCUT2D eigenvalue weighted by Gasteiger charge is -2.18. The van der Waals surface area contributed by atoms with Crippen molar-refractivity contribution < 1.29 is 0 Å². The molecule has 108 valence electrons. The number of nitrogens with one attached hydrogen (secondary N) is 1. The molecule has 0 bridgehead atoms. The van der Waals surface area contributed by atoms with Crippen LogP contribution in [-0.4, -0.2) is 0 Å². The van der Waals surface area contributed by atoms with Crippen molar-refractivity contribution in [1.29, 1.82) is 0 Å². The molecule has 0 aliphatic carbocycles. The van der Waals surface area contributed by atoms with Crippen LogP contribution in [0.2, 0.25) is 0 Å². The third kappa shape index (κ3) is 3.31. The van der Waals surface area contributed by atoms with E-state index in [0.29, 0.717) is 6.04 Å². The zero-order chi connectivity index (χ0) is 14.9. The molecule has 2 rings (SSSR count). The third-order valence-electron chi connectivity index (χ3n) is 4.15. The lowest BCUT2D eigenvalue weighted by Crippen LogP contribution is -2.18. The van der Waals surface area contributed by atoms with Gasteiger partial charge >= 0.3 is 0 Å². The van der Waals surface area contributed by atoms with Gasteiger partial charge in [0.25, 0.3) is 0 Å². The van der Waals surface area contributed by atoms with Crippen LogP contribution in [0.3, 0.4) is 0 Å². The van der Waals surface area contributed by atoms with E-state index in [1.54, 1.807) is 0 Å². The van der Waals surface area contributed by atoms with Gasteiger partial charge in [-0.05, 0) is 75.4 Å². The van der Waals surface area contributed by atoms with Crippen LogP contribution in [-0.2, 0) is 6.54 Å². The summed E-state index contributed by atoms with van der Waals surface area (Å²) in [5, 5.41) is 3.65. The zero-order valence-corrected chi connectivity index (χ0v) is 14.2. The van der Waals surface area contributed by atoms with Crippen LogP contribution in [0.5, 0.6) is 0 Å². The minimum absolute atomic E-state index is 0.386. The van der Waals surface area contributed by atoms with E-state index in [1.807, 2.05) is 11.3 Å². The molecule has 0 fully saturated rings. The fourth-order valence-electron chi connectivity index (χ4n) is 2.55. The van der Waals surface area contributed by atoms with Gasteiger partial charge in [0.1, 0.15) is 0 Å². The molecular weight excluding hydrogens is 262 g/mol. The molecule has 20 heavy (non-hydrogen) atoms. The van der Waals surface area contributed by atoms with E-state index in [0.717, 1.165) is 6.54 Å². The quantitative estimate of drug-likeness (QED) is 0.821. The van der Waals surface area contributed by atoms with Gasteiger partial charge in [-0.25, -0.2) is 0 Å². The Morgan fingerprint density at radius 3 is 2.15 bits per heavy atom.